The minimum absolute atomic E-state index is 0.0333. The molecule has 2 heterocycles. The molecule has 0 aliphatic carbocycles. The fourth-order valence-electron chi connectivity index (χ4n) is 4.51. The zero-order chi connectivity index (χ0) is 23.9. The zero-order valence-corrected chi connectivity index (χ0v) is 21.2. The predicted molar refractivity (Wildman–Crippen MR) is 140 cm³/mol. The molecule has 180 valence electrons. The third-order valence-corrected chi connectivity index (χ3v) is 7.62. The van der Waals surface area contributed by atoms with Gasteiger partial charge in [0.1, 0.15) is 0 Å². The fourth-order valence-corrected chi connectivity index (χ4v) is 5.27. The first kappa shape index (κ1) is 24.5. The maximum Gasteiger partial charge on any atom is 0.234 e. The molecule has 0 saturated carbocycles. The summed E-state index contributed by atoms with van der Waals surface area (Å²) >= 11 is 1.43. The van der Waals surface area contributed by atoms with Crippen molar-refractivity contribution >= 4 is 23.4 Å². The van der Waals surface area contributed by atoms with Crippen LogP contribution in [0.4, 0.5) is 5.69 Å². The number of benzene rings is 2. The number of amides is 1. The van der Waals surface area contributed by atoms with Crippen molar-refractivity contribution in [2.75, 3.05) is 24.2 Å². The number of likely N-dealkylation sites (tertiary alicyclic amines) is 1. The summed E-state index contributed by atoms with van der Waals surface area (Å²) in [6, 6.07) is 18.4. The predicted octanol–water partition coefficient (Wildman–Crippen LogP) is 6.06. The monoisotopic (exact) mass is 477 g/mol. The molecule has 1 fully saturated rings. The van der Waals surface area contributed by atoms with Crippen molar-refractivity contribution in [3.8, 4) is 5.69 Å². The number of hydrogen-bond acceptors (Lipinski definition) is 5. The lowest BCUT2D eigenvalue weighted by atomic mass is 9.97. The summed E-state index contributed by atoms with van der Waals surface area (Å²) in [6.07, 6.45) is 4.78. The Morgan fingerprint density at radius 1 is 1.00 bits per heavy atom. The first-order valence-corrected chi connectivity index (χ1v) is 13.3. The Bertz CT molecular complexity index is 1080. The number of thioether (sulfide) groups is 1. The molecule has 0 radical (unpaired) electrons. The summed E-state index contributed by atoms with van der Waals surface area (Å²) < 4.78 is 2.12. The first-order valence-electron chi connectivity index (χ1n) is 12.3. The van der Waals surface area contributed by atoms with E-state index in [1.165, 1.54) is 36.6 Å². The Morgan fingerprint density at radius 3 is 2.44 bits per heavy atom. The summed E-state index contributed by atoms with van der Waals surface area (Å²) in [7, 11) is 0. The Kier molecular flexibility index (Phi) is 8.40. The van der Waals surface area contributed by atoms with E-state index in [1.54, 1.807) is 0 Å². The van der Waals surface area contributed by atoms with Crippen LogP contribution < -0.4 is 5.32 Å². The van der Waals surface area contributed by atoms with Crippen molar-refractivity contribution in [2.24, 2.45) is 0 Å². The molecule has 0 spiro atoms. The van der Waals surface area contributed by atoms with Crippen molar-refractivity contribution in [3.05, 3.63) is 66.0 Å². The van der Waals surface area contributed by atoms with Gasteiger partial charge < -0.3 is 5.32 Å². The molecule has 2 atom stereocenters. The number of carbonyl (C=O) groups excluding carboxylic acids is 1. The minimum atomic E-state index is -0.0333. The normalized spacial score (nSPS) is 16.2. The van der Waals surface area contributed by atoms with Crippen molar-refractivity contribution in [3.63, 3.8) is 0 Å². The Labute approximate surface area is 207 Å². The summed E-state index contributed by atoms with van der Waals surface area (Å²) in [6.45, 7) is 8.74. The van der Waals surface area contributed by atoms with Crippen LogP contribution in [0.3, 0.4) is 0 Å². The summed E-state index contributed by atoms with van der Waals surface area (Å²) in [5.74, 6) is 1.56. The van der Waals surface area contributed by atoms with E-state index in [0.29, 0.717) is 5.92 Å². The SMILES string of the molecule is CC[C@H](C)c1ccccc1NC(=O)CSc1nnc([C@@H](C)N2CCCCC2)n1-c1ccccc1. The largest absolute Gasteiger partial charge is 0.325 e. The highest BCUT2D eigenvalue weighted by molar-refractivity contribution is 7.99. The van der Waals surface area contributed by atoms with Gasteiger partial charge in [0.25, 0.3) is 0 Å². The number of hydrogen-bond donors (Lipinski definition) is 1. The lowest BCUT2D eigenvalue weighted by Crippen LogP contribution is -2.33. The average molecular weight is 478 g/mol. The molecular weight excluding hydrogens is 442 g/mol. The van der Waals surface area contributed by atoms with Gasteiger partial charge in [-0.25, -0.2) is 0 Å². The average Bonchev–Trinajstić information content (AvgIpc) is 3.32. The molecule has 1 N–H and O–H groups in total. The summed E-state index contributed by atoms with van der Waals surface area (Å²) in [5.41, 5.74) is 3.09. The highest BCUT2D eigenvalue weighted by Gasteiger charge is 2.25. The molecule has 1 amide bonds. The molecule has 7 heteroatoms. The molecule has 0 bridgehead atoms. The quantitative estimate of drug-likeness (QED) is 0.380. The molecule has 2 aromatic carbocycles. The first-order chi connectivity index (χ1) is 16.6. The van der Waals surface area contributed by atoms with Gasteiger partial charge in [-0.3, -0.25) is 14.3 Å². The number of anilines is 1. The topological polar surface area (TPSA) is 63.1 Å². The van der Waals surface area contributed by atoms with Gasteiger partial charge in [-0.05, 0) is 69.0 Å². The van der Waals surface area contributed by atoms with Crippen LogP contribution in [0, 0.1) is 0 Å². The van der Waals surface area contributed by atoms with Crippen LogP contribution >= 0.6 is 11.8 Å². The third-order valence-electron chi connectivity index (χ3n) is 6.70. The van der Waals surface area contributed by atoms with Crippen LogP contribution in [0.2, 0.25) is 0 Å². The number of rotatable bonds is 9. The number of carbonyl (C=O) groups is 1. The fraction of sp³-hybridized carbons (Fsp3) is 0.444. The number of aromatic nitrogens is 3. The second kappa shape index (κ2) is 11.7. The van der Waals surface area contributed by atoms with Gasteiger partial charge in [0.15, 0.2) is 11.0 Å². The number of nitrogens with zero attached hydrogens (tertiary/aromatic N) is 4. The van der Waals surface area contributed by atoms with Gasteiger partial charge in [-0.1, -0.05) is 68.4 Å². The molecule has 4 rings (SSSR count). The van der Waals surface area contributed by atoms with Crippen LogP contribution in [-0.4, -0.2) is 44.4 Å². The van der Waals surface area contributed by atoms with E-state index < -0.39 is 0 Å². The Morgan fingerprint density at radius 2 is 1.71 bits per heavy atom. The van der Waals surface area contributed by atoms with E-state index >= 15 is 0 Å². The van der Waals surface area contributed by atoms with Crippen LogP contribution in [-0.2, 0) is 4.79 Å². The maximum absolute atomic E-state index is 12.9. The summed E-state index contributed by atoms with van der Waals surface area (Å²) in [5, 5.41) is 13.0. The maximum atomic E-state index is 12.9. The number of para-hydroxylation sites is 2. The van der Waals surface area contributed by atoms with Crippen molar-refractivity contribution in [1.82, 2.24) is 19.7 Å². The van der Waals surface area contributed by atoms with Crippen LogP contribution in [0.25, 0.3) is 5.69 Å². The van der Waals surface area contributed by atoms with Gasteiger partial charge in [-0.2, -0.15) is 0 Å². The molecule has 34 heavy (non-hydrogen) atoms. The Hall–Kier alpha value is -2.64. The van der Waals surface area contributed by atoms with Gasteiger partial charge in [-0.15, -0.1) is 10.2 Å². The van der Waals surface area contributed by atoms with Gasteiger partial charge in [0.05, 0.1) is 11.8 Å². The van der Waals surface area contributed by atoms with E-state index in [9.17, 15) is 4.79 Å². The highest BCUT2D eigenvalue weighted by atomic mass is 32.2. The zero-order valence-electron chi connectivity index (χ0n) is 20.4. The van der Waals surface area contributed by atoms with E-state index in [0.717, 1.165) is 41.9 Å². The smallest absolute Gasteiger partial charge is 0.234 e. The molecule has 3 aromatic rings. The van der Waals surface area contributed by atoms with E-state index in [4.69, 9.17) is 0 Å². The second-order valence-electron chi connectivity index (χ2n) is 9.02. The molecule has 0 unspecified atom stereocenters. The molecular formula is C27H35N5OS. The minimum Gasteiger partial charge on any atom is -0.325 e. The molecule has 1 aromatic heterocycles. The number of piperidine rings is 1. The molecule has 1 aliphatic rings. The second-order valence-corrected chi connectivity index (χ2v) is 9.96. The van der Waals surface area contributed by atoms with Gasteiger partial charge in [0.2, 0.25) is 5.91 Å². The van der Waals surface area contributed by atoms with Crippen LogP contribution in [0.15, 0.2) is 59.8 Å². The van der Waals surface area contributed by atoms with Crippen LogP contribution in [0.5, 0.6) is 0 Å². The van der Waals surface area contributed by atoms with E-state index in [-0.39, 0.29) is 17.7 Å². The summed E-state index contributed by atoms with van der Waals surface area (Å²) in [4.78, 5) is 15.4. The van der Waals surface area contributed by atoms with Crippen LogP contribution in [0.1, 0.15) is 69.8 Å². The van der Waals surface area contributed by atoms with Gasteiger partial charge >= 0.3 is 0 Å². The van der Waals surface area contributed by atoms with Gasteiger partial charge in [0, 0.05) is 11.4 Å². The Balaban J connectivity index is 1.52. The highest BCUT2D eigenvalue weighted by Crippen LogP contribution is 2.30. The van der Waals surface area contributed by atoms with E-state index in [2.05, 4.69) is 64.0 Å². The lowest BCUT2D eigenvalue weighted by Gasteiger charge is -2.31. The molecule has 1 saturated heterocycles. The standard InChI is InChI=1S/C27H35N5OS/c1-4-20(2)23-15-9-10-16-24(23)28-25(33)19-34-27-30-29-26(21(3)31-17-11-6-12-18-31)32(27)22-13-7-5-8-14-22/h5,7-10,13-16,20-21H,4,6,11-12,17-19H2,1-3H3,(H,28,33)/t20-,21+/m0/s1. The third kappa shape index (κ3) is 5.70. The lowest BCUT2D eigenvalue weighted by molar-refractivity contribution is -0.113. The molecule has 6 nitrogen and oxygen atoms in total. The van der Waals surface area contributed by atoms with Crippen molar-refractivity contribution in [1.29, 1.82) is 0 Å². The molecule has 1 aliphatic heterocycles. The van der Waals surface area contributed by atoms with Crippen molar-refractivity contribution < 1.29 is 4.79 Å². The van der Waals surface area contributed by atoms with E-state index in [1.807, 2.05) is 36.4 Å². The van der Waals surface area contributed by atoms with Crippen molar-refractivity contribution in [2.45, 2.75) is 63.6 Å². The number of nitrogens with one attached hydrogen (secondary N) is 1.